The van der Waals surface area contributed by atoms with E-state index in [2.05, 4.69) is 56.8 Å². The second-order valence-electron chi connectivity index (χ2n) is 12.5. The van der Waals surface area contributed by atoms with Crippen molar-refractivity contribution in [2.24, 2.45) is 11.3 Å². The first-order valence-corrected chi connectivity index (χ1v) is 17.0. The first kappa shape index (κ1) is 34.5. The van der Waals surface area contributed by atoms with Crippen LogP contribution in [-0.2, 0) is 20.9 Å². The van der Waals surface area contributed by atoms with Crippen molar-refractivity contribution in [3.63, 3.8) is 0 Å². The summed E-state index contributed by atoms with van der Waals surface area (Å²) in [5, 5.41) is 6.98. The van der Waals surface area contributed by atoms with Crippen LogP contribution in [0.3, 0.4) is 0 Å². The summed E-state index contributed by atoms with van der Waals surface area (Å²) in [7, 11) is 1.58. The van der Waals surface area contributed by atoms with Crippen LogP contribution in [-0.4, -0.2) is 77.1 Å². The third-order valence-electron chi connectivity index (χ3n) is 8.31. The number of amides is 3. The molecule has 3 amide bonds. The number of methoxy groups -OCH3 is 1. The van der Waals surface area contributed by atoms with E-state index in [0.717, 1.165) is 9.77 Å². The first-order chi connectivity index (χ1) is 21.4. The van der Waals surface area contributed by atoms with Crippen molar-refractivity contribution in [1.82, 2.24) is 20.1 Å². The van der Waals surface area contributed by atoms with Gasteiger partial charge in [0.05, 0.1) is 23.1 Å². The molecule has 2 N–H and O–H groups in total. The third-order valence-corrected chi connectivity index (χ3v) is 10.7. The zero-order valence-corrected chi connectivity index (χ0v) is 28.7. The van der Waals surface area contributed by atoms with Crippen LogP contribution in [0.5, 0.6) is 0 Å². The maximum atomic E-state index is 13.7. The minimum absolute atomic E-state index is 0.0302. The Morgan fingerprint density at radius 2 is 1.91 bits per heavy atom. The zero-order valence-electron chi connectivity index (χ0n) is 27.1. The summed E-state index contributed by atoms with van der Waals surface area (Å²) in [6.07, 6.45) is 7.75. The standard InChI is InChI=1S/C34H45N5O4S2/c1-8-29(40)38-13-10-14-39(16-15-38)32(42)26-19-28(22(2)17-27(26)43-7)44-30-21-36-33(45-30)37-31(41)25-12-9-11-24(18-25)20-35-23(3)34(4,5)6/h8-9,11-12,17-19,21-23,28,35H,1,10,13-16,20H2,2-7H3,(H,36,37,41)/t22?,23-,28?/m1/s1. The van der Waals surface area contributed by atoms with Gasteiger partial charge in [0.1, 0.15) is 5.76 Å². The van der Waals surface area contributed by atoms with Gasteiger partial charge >= 0.3 is 0 Å². The van der Waals surface area contributed by atoms with Gasteiger partial charge in [-0.05, 0) is 54.5 Å². The highest BCUT2D eigenvalue weighted by Gasteiger charge is 2.31. The fourth-order valence-electron chi connectivity index (χ4n) is 5.03. The number of thioether (sulfide) groups is 1. The highest BCUT2D eigenvalue weighted by atomic mass is 32.2. The lowest BCUT2D eigenvalue weighted by atomic mass is 9.88. The van der Waals surface area contributed by atoms with E-state index in [9.17, 15) is 14.4 Å². The number of hydrogen-bond donors (Lipinski definition) is 2. The summed E-state index contributed by atoms with van der Waals surface area (Å²) in [6, 6.07) is 7.96. The van der Waals surface area contributed by atoms with Crippen molar-refractivity contribution in [1.29, 1.82) is 0 Å². The van der Waals surface area contributed by atoms with E-state index in [1.54, 1.807) is 40.9 Å². The average Bonchev–Trinajstić information content (AvgIpc) is 3.30. The van der Waals surface area contributed by atoms with Crippen molar-refractivity contribution < 1.29 is 19.1 Å². The molecule has 11 heteroatoms. The van der Waals surface area contributed by atoms with Gasteiger partial charge < -0.3 is 19.9 Å². The monoisotopic (exact) mass is 651 g/mol. The molecular weight excluding hydrogens is 607 g/mol. The Bertz CT molecular complexity index is 1460. The Hall–Kier alpha value is -3.41. The van der Waals surface area contributed by atoms with Crippen molar-refractivity contribution in [3.8, 4) is 0 Å². The highest BCUT2D eigenvalue weighted by molar-refractivity contribution is 8.02. The molecular formula is C34H45N5O4S2. The van der Waals surface area contributed by atoms with E-state index in [1.165, 1.54) is 17.4 Å². The number of carbonyl (C=O) groups is 3. The van der Waals surface area contributed by atoms with Crippen LogP contribution in [0.25, 0.3) is 0 Å². The number of ether oxygens (including phenoxy) is 1. The number of carbonyl (C=O) groups excluding carboxylic acids is 3. The lowest BCUT2D eigenvalue weighted by Gasteiger charge is -2.28. The third kappa shape index (κ3) is 9.08. The Morgan fingerprint density at radius 3 is 2.62 bits per heavy atom. The van der Waals surface area contributed by atoms with E-state index in [1.807, 2.05) is 30.4 Å². The van der Waals surface area contributed by atoms with Gasteiger partial charge in [0, 0.05) is 49.6 Å². The number of nitrogens with one attached hydrogen (secondary N) is 2. The van der Waals surface area contributed by atoms with E-state index < -0.39 is 0 Å². The van der Waals surface area contributed by atoms with Gasteiger partial charge in [0.25, 0.3) is 11.8 Å². The SMILES string of the molecule is C=CC(=O)N1CCCN(C(=O)C2=CC(Sc3cnc(NC(=O)c4cccc(CN[C@H](C)C(C)(C)C)c4)s3)C(C)C=C2OC)CC1. The Labute approximate surface area is 275 Å². The highest BCUT2D eigenvalue weighted by Crippen LogP contribution is 2.39. The molecule has 242 valence electrons. The first-order valence-electron chi connectivity index (χ1n) is 15.3. The topological polar surface area (TPSA) is 104 Å². The predicted molar refractivity (Wildman–Crippen MR) is 182 cm³/mol. The second kappa shape index (κ2) is 15.2. The molecule has 1 fully saturated rings. The number of allylic oxidation sites excluding steroid dienone is 1. The molecule has 0 radical (unpaired) electrons. The van der Waals surface area contributed by atoms with Crippen LogP contribution in [0, 0.1) is 11.3 Å². The van der Waals surface area contributed by atoms with Crippen LogP contribution in [0.15, 0.2) is 70.8 Å². The maximum absolute atomic E-state index is 13.7. The molecule has 9 nitrogen and oxygen atoms in total. The summed E-state index contributed by atoms with van der Waals surface area (Å²) >= 11 is 3.02. The van der Waals surface area contributed by atoms with Gasteiger partial charge in [-0.1, -0.05) is 63.8 Å². The number of nitrogens with zero attached hydrogens (tertiary/aromatic N) is 3. The van der Waals surface area contributed by atoms with Crippen LogP contribution >= 0.6 is 23.1 Å². The number of hydrogen-bond acceptors (Lipinski definition) is 8. The van der Waals surface area contributed by atoms with Crippen LogP contribution < -0.4 is 10.6 Å². The predicted octanol–water partition coefficient (Wildman–Crippen LogP) is 5.73. The normalized spacial score (nSPS) is 19.6. The number of benzene rings is 1. The van der Waals surface area contributed by atoms with Gasteiger partial charge in [-0.3, -0.25) is 19.7 Å². The Kier molecular flexibility index (Phi) is 11.7. The fraction of sp³-hybridized carbons (Fsp3) is 0.471. The molecule has 1 aliphatic heterocycles. The minimum atomic E-state index is -0.205. The van der Waals surface area contributed by atoms with Crippen LogP contribution in [0.1, 0.15) is 57.0 Å². The smallest absolute Gasteiger partial charge is 0.257 e. The van der Waals surface area contributed by atoms with Crippen LogP contribution in [0.4, 0.5) is 5.13 Å². The fourth-order valence-corrected chi connectivity index (χ4v) is 7.22. The summed E-state index contributed by atoms with van der Waals surface area (Å²) in [4.78, 5) is 46.8. The number of rotatable bonds is 10. The molecule has 0 bridgehead atoms. The molecule has 2 aliphatic rings. The quantitative estimate of drug-likeness (QED) is 0.316. The van der Waals surface area contributed by atoms with Crippen molar-refractivity contribution in [2.45, 2.75) is 63.1 Å². The van der Waals surface area contributed by atoms with E-state index >= 15 is 0 Å². The lowest BCUT2D eigenvalue weighted by molar-refractivity contribution is -0.129. The molecule has 2 heterocycles. The summed E-state index contributed by atoms with van der Waals surface area (Å²) in [6.45, 7) is 17.2. The van der Waals surface area contributed by atoms with E-state index in [4.69, 9.17) is 4.74 Å². The molecule has 1 saturated heterocycles. The molecule has 4 rings (SSSR count). The second-order valence-corrected chi connectivity index (χ2v) is 15.0. The van der Waals surface area contributed by atoms with Gasteiger partial charge in [0.2, 0.25) is 5.91 Å². The Morgan fingerprint density at radius 1 is 1.18 bits per heavy atom. The van der Waals surface area contributed by atoms with Gasteiger partial charge in [0.15, 0.2) is 5.13 Å². The zero-order chi connectivity index (χ0) is 32.7. The summed E-state index contributed by atoms with van der Waals surface area (Å²) in [5.41, 5.74) is 2.30. The minimum Gasteiger partial charge on any atom is -0.496 e. The molecule has 1 aromatic carbocycles. The van der Waals surface area contributed by atoms with Gasteiger partial charge in [-0.25, -0.2) is 4.98 Å². The van der Waals surface area contributed by atoms with Crippen molar-refractivity contribution in [3.05, 3.63) is 77.7 Å². The molecule has 2 unspecified atom stereocenters. The molecule has 1 aliphatic carbocycles. The number of aromatic nitrogens is 1. The van der Waals surface area contributed by atoms with Crippen LogP contribution in [0.2, 0.25) is 0 Å². The molecule has 0 saturated carbocycles. The Balaban J connectivity index is 1.40. The van der Waals surface area contributed by atoms with Gasteiger partial charge in [-0.15, -0.1) is 11.8 Å². The molecule has 2 aromatic rings. The van der Waals surface area contributed by atoms with E-state index in [-0.39, 0.29) is 34.3 Å². The average molecular weight is 652 g/mol. The molecule has 3 atom stereocenters. The maximum Gasteiger partial charge on any atom is 0.257 e. The molecule has 0 spiro atoms. The summed E-state index contributed by atoms with van der Waals surface area (Å²) in [5.74, 6) is 0.245. The lowest BCUT2D eigenvalue weighted by Crippen LogP contribution is -2.38. The molecule has 1 aromatic heterocycles. The largest absolute Gasteiger partial charge is 0.496 e. The molecule has 45 heavy (non-hydrogen) atoms. The number of thiazole rings is 1. The van der Waals surface area contributed by atoms with Crippen molar-refractivity contribution >= 4 is 46.0 Å². The van der Waals surface area contributed by atoms with Crippen molar-refractivity contribution in [2.75, 3.05) is 38.6 Å². The number of anilines is 1. The van der Waals surface area contributed by atoms with Gasteiger partial charge in [-0.2, -0.15) is 0 Å². The van der Waals surface area contributed by atoms with E-state index in [0.29, 0.717) is 67.2 Å². The summed E-state index contributed by atoms with van der Waals surface area (Å²) < 4.78 is 6.56.